The van der Waals surface area contributed by atoms with Crippen LogP contribution in [-0.2, 0) is 11.2 Å². The summed E-state index contributed by atoms with van der Waals surface area (Å²) < 4.78 is 5.37. The molecule has 25 heavy (non-hydrogen) atoms. The minimum absolute atomic E-state index is 0.0341. The van der Waals surface area contributed by atoms with Crippen molar-refractivity contribution in [3.63, 3.8) is 0 Å². The molecule has 5 nitrogen and oxygen atoms in total. The minimum atomic E-state index is -0.969. The molecule has 1 aliphatic heterocycles. The van der Waals surface area contributed by atoms with Crippen LogP contribution in [0.3, 0.4) is 0 Å². The Balaban J connectivity index is 1.49. The molecular formula is C20H27NO4. The van der Waals surface area contributed by atoms with Crippen LogP contribution in [0.4, 0.5) is 0 Å². The summed E-state index contributed by atoms with van der Waals surface area (Å²) in [6, 6.07) is 0.309. The summed E-state index contributed by atoms with van der Waals surface area (Å²) in [7, 11) is 0. The molecule has 3 fully saturated rings. The van der Waals surface area contributed by atoms with Crippen LogP contribution in [0.2, 0.25) is 0 Å². The van der Waals surface area contributed by atoms with Gasteiger partial charge >= 0.3 is 5.97 Å². The summed E-state index contributed by atoms with van der Waals surface area (Å²) in [4.78, 5) is 26.2. The van der Waals surface area contributed by atoms with Crippen LogP contribution in [0.25, 0.3) is 0 Å². The van der Waals surface area contributed by atoms with Gasteiger partial charge in [-0.25, -0.2) is 0 Å². The zero-order valence-corrected chi connectivity index (χ0v) is 14.9. The van der Waals surface area contributed by atoms with Gasteiger partial charge in [-0.05, 0) is 63.2 Å². The third-order valence-corrected chi connectivity index (χ3v) is 6.67. The van der Waals surface area contributed by atoms with Gasteiger partial charge in [-0.3, -0.25) is 9.59 Å². The van der Waals surface area contributed by atoms with Crippen LogP contribution in [-0.4, -0.2) is 34.5 Å². The number of aliphatic carboxylic acids is 1. The zero-order valence-electron chi connectivity index (χ0n) is 14.9. The molecule has 5 heteroatoms. The summed E-state index contributed by atoms with van der Waals surface area (Å²) in [5, 5.41) is 9.06. The fourth-order valence-corrected chi connectivity index (χ4v) is 5.56. The molecule has 1 N–H and O–H groups in total. The van der Waals surface area contributed by atoms with Crippen molar-refractivity contribution in [2.45, 2.75) is 64.3 Å². The lowest BCUT2D eigenvalue weighted by Crippen LogP contribution is -2.38. The van der Waals surface area contributed by atoms with E-state index in [4.69, 9.17) is 9.52 Å². The molecule has 2 aliphatic carbocycles. The molecule has 1 aromatic rings. The lowest BCUT2D eigenvalue weighted by molar-refractivity contribution is -0.136. The Hall–Kier alpha value is -1.78. The highest BCUT2D eigenvalue weighted by atomic mass is 16.4. The first-order valence-corrected chi connectivity index (χ1v) is 9.62. The van der Waals surface area contributed by atoms with Crippen molar-refractivity contribution >= 4 is 11.9 Å². The van der Waals surface area contributed by atoms with E-state index in [1.54, 1.807) is 0 Å². The lowest BCUT2D eigenvalue weighted by Gasteiger charge is -2.30. The van der Waals surface area contributed by atoms with Gasteiger partial charge in [0.1, 0.15) is 12.2 Å². The first kappa shape index (κ1) is 16.7. The van der Waals surface area contributed by atoms with Crippen molar-refractivity contribution in [1.82, 2.24) is 4.90 Å². The van der Waals surface area contributed by atoms with Crippen molar-refractivity contribution < 1.29 is 19.1 Å². The minimum Gasteiger partial charge on any atom is -0.481 e. The maximum atomic E-state index is 13.1. The van der Waals surface area contributed by atoms with E-state index in [2.05, 4.69) is 0 Å². The van der Waals surface area contributed by atoms with E-state index in [9.17, 15) is 9.59 Å². The van der Waals surface area contributed by atoms with Gasteiger partial charge in [-0.2, -0.15) is 0 Å². The molecule has 4 rings (SSSR count). The number of hydrogen-bond donors (Lipinski definition) is 1. The molecule has 4 unspecified atom stereocenters. The first-order valence-electron chi connectivity index (χ1n) is 9.62. The second-order valence-corrected chi connectivity index (χ2v) is 8.25. The highest BCUT2D eigenvalue weighted by Gasteiger charge is 2.42. The maximum absolute atomic E-state index is 13.1. The third kappa shape index (κ3) is 3.09. The third-order valence-electron chi connectivity index (χ3n) is 6.67. The number of carboxylic acids is 1. The Morgan fingerprint density at radius 3 is 2.80 bits per heavy atom. The monoisotopic (exact) mass is 345 g/mol. The standard InChI is InChI=1S/C20H27NO4/c1-12-11-25-17(10-18(22)23)19(12)20(24)21-6-2-3-16(21)9-15-8-13-4-5-14(15)7-13/h11,13-16H,2-10H2,1H3,(H,22,23). The number of rotatable bonds is 5. The number of carbonyl (C=O) groups is 2. The summed E-state index contributed by atoms with van der Waals surface area (Å²) in [6.07, 6.45) is 10.0. The Morgan fingerprint density at radius 2 is 2.12 bits per heavy atom. The second kappa shape index (κ2) is 6.50. The second-order valence-electron chi connectivity index (χ2n) is 8.25. The molecule has 136 valence electrons. The van der Waals surface area contributed by atoms with Crippen LogP contribution in [0, 0.1) is 24.7 Å². The summed E-state index contributed by atoms with van der Waals surface area (Å²) in [5.74, 6) is 1.87. The number of nitrogens with zero attached hydrogens (tertiary/aromatic N) is 1. The smallest absolute Gasteiger partial charge is 0.311 e. The van der Waals surface area contributed by atoms with E-state index in [1.807, 2.05) is 11.8 Å². The number of fused-ring (bicyclic) bond motifs is 2. The van der Waals surface area contributed by atoms with E-state index in [0.717, 1.165) is 49.1 Å². The van der Waals surface area contributed by atoms with Crippen LogP contribution in [0.15, 0.2) is 10.7 Å². The predicted octanol–water partition coefficient (Wildman–Crippen LogP) is 3.65. The average molecular weight is 345 g/mol. The first-order chi connectivity index (χ1) is 12.0. The summed E-state index contributed by atoms with van der Waals surface area (Å²) in [5.41, 5.74) is 1.22. The van der Waals surface area contributed by atoms with Crippen LogP contribution < -0.4 is 0 Å². The number of carbonyl (C=O) groups excluding carboxylic acids is 1. The Morgan fingerprint density at radius 1 is 1.28 bits per heavy atom. The molecule has 2 saturated carbocycles. The van der Waals surface area contributed by atoms with Crippen molar-refractivity contribution in [1.29, 1.82) is 0 Å². The molecule has 0 aromatic carbocycles. The molecular weight excluding hydrogens is 318 g/mol. The van der Waals surface area contributed by atoms with Crippen LogP contribution in [0.1, 0.15) is 66.6 Å². The van der Waals surface area contributed by atoms with Crippen LogP contribution >= 0.6 is 0 Å². The summed E-state index contributed by atoms with van der Waals surface area (Å²) >= 11 is 0. The fraction of sp³-hybridized carbons (Fsp3) is 0.700. The van der Waals surface area contributed by atoms with Gasteiger partial charge in [0.25, 0.3) is 5.91 Å². The van der Waals surface area contributed by atoms with Crippen molar-refractivity contribution in [3.8, 4) is 0 Å². The van der Waals surface area contributed by atoms with Gasteiger partial charge in [0.05, 0.1) is 11.8 Å². The molecule has 1 aromatic heterocycles. The maximum Gasteiger partial charge on any atom is 0.311 e. The number of likely N-dealkylation sites (tertiary alicyclic amines) is 1. The molecule has 0 spiro atoms. The molecule has 2 heterocycles. The van der Waals surface area contributed by atoms with Gasteiger partial charge in [0, 0.05) is 18.2 Å². The van der Waals surface area contributed by atoms with Crippen molar-refractivity contribution in [3.05, 3.63) is 23.2 Å². The van der Waals surface area contributed by atoms with Gasteiger partial charge in [0.2, 0.25) is 0 Å². The lowest BCUT2D eigenvalue weighted by atomic mass is 9.83. The Bertz CT molecular complexity index is 679. The highest BCUT2D eigenvalue weighted by Crippen LogP contribution is 2.50. The fourth-order valence-electron chi connectivity index (χ4n) is 5.56. The number of carboxylic acid groups (broad SMARTS) is 1. The number of aryl methyl sites for hydroxylation is 1. The van der Waals surface area contributed by atoms with Gasteiger partial charge in [-0.15, -0.1) is 0 Å². The summed E-state index contributed by atoms with van der Waals surface area (Å²) in [6.45, 7) is 2.60. The largest absolute Gasteiger partial charge is 0.481 e. The molecule has 0 radical (unpaired) electrons. The van der Waals surface area contributed by atoms with E-state index >= 15 is 0 Å². The molecule has 3 aliphatic rings. The van der Waals surface area contributed by atoms with Gasteiger partial charge < -0.3 is 14.4 Å². The quantitative estimate of drug-likeness (QED) is 0.884. The van der Waals surface area contributed by atoms with E-state index in [-0.39, 0.29) is 12.3 Å². The molecule has 1 amide bonds. The van der Waals surface area contributed by atoms with Crippen molar-refractivity contribution in [2.24, 2.45) is 17.8 Å². The molecule has 2 bridgehead atoms. The SMILES string of the molecule is Cc1coc(CC(=O)O)c1C(=O)N1CCCC1CC1CC2CCC1C2. The Labute approximate surface area is 148 Å². The Kier molecular flexibility index (Phi) is 4.34. The van der Waals surface area contributed by atoms with Gasteiger partial charge in [0.15, 0.2) is 0 Å². The predicted molar refractivity (Wildman–Crippen MR) is 92.4 cm³/mol. The van der Waals surface area contributed by atoms with E-state index < -0.39 is 5.97 Å². The van der Waals surface area contributed by atoms with Gasteiger partial charge in [-0.1, -0.05) is 6.42 Å². The highest BCUT2D eigenvalue weighted by molar-refractivity contribution is 5.97. The van der Waals surface area contributed by atoms with Crippen LogP contribution in [0.5, 0.6) is 0 Å². The molecule has 1 saturated heterocycles. The normalized spacial score (nSPS) is 31.0. The topological polar surface area (TPSA) is 70.7 Å². The van der Waals surface area contributed by atoms with Crippen molar-refractivity contribution in [2.75, 3.05) is 6.54 Å². The number of amides is 1. The number of hydrogen-bond acceptors (Lipinski definition) is 3. The molecule has 4 atom stereocenters. The zero-order chi connectivity index (χ0) is 17.6. The average Bonchev–Trinajstić information content (AvgIpc) is 3.31. The van der Waals surface area contributed by atoms with E-state index in [1.165, 1.54) is 31.9 Å². The number of furan rings is 1. The van der Waals surface area contributed by atoms with E-state index in [0.29, 0.717) is 17.4 Å².